The standard InChI is InChI=1S/C18H17ClN4S/c1-12-11-20-13(2)21-18(12)22-14-8-9-16(19)17(10-14)23-24-15-6-4-3-5-7-15/h3-11,23H,1-2H3,(H,20,21,22). The molecule has 2 N–H and O–H groups in total. The maximum atomic E-state index is 6.29. The normalized spacial score (nSPS) is 10.5. The third kappa shape index (κ3) is 4.19. The van der Waals surface area contributed by atoms with E-state index in [1.165, 1.54) is 11.9 Å². The summed E-state index contributed by atoms with van der Waals surface area (Å²) >= 11 is 7.81. The van der Waals surface area contributed by atoms with Gasteiger partial charge in [-0.2, -0.15) is 0 Å². The number of nitrogens with one attached hydrogen (secondary N) is 2. The minimum Gasteiger partial charge on any atom is -0.340 e. The molecule has 0 spiro atoms. The number of aryl methyl sites for hydroxylation is 2. The number of hydrogen-bond acceptors (Lipinski definition) is 5. The lowest BCUT2D eigenvalue weighted by Crippen LogP contribution is -2.00. The summed E-state index contributed by atoms with van der Waals surface area (Å²) < 4.78 is 3.29. The lowest BCUT2D eigenvalue weighted by molar-refractivity contribution is 1.04. The molecule has 1 heterocycles. The smallest absolute Gasteiger partial charge is 0.136 e. The molecule has 0 bridgehead atoms. The van der Waals surface area contributed by atoms with Crippen LogP contribution in [0, 0.1) is 13.8 Å². The Balaban J connectivity index is 1.77. The fourth-order valence-electron chi connectivity index (χ4n) is 2.08. The Morgan fingerprint density at radius 1 is 1.04 bits per heavy atom. The summed E-state index contributed by atoms with van der Waals surface area (Å²) in [6.45, 7) is 3.85. The largest absolute Gasteiger partial charge is 0.340 e. The van der Waals surface area contributed by atoms with Gasteiger partial charge >= 0.3 is 0 Å². The number of hydrogen-bond donors (Lipinski definition) is 2. The van der Waals surface area contributed by atoms with Crippen molar-refractivity contribution in [2.45, 2.75) is 18.7 Å². The number of rotatable bonds is 5. The molecule has 0 unspecified atom stereocenters. The Morgan fingerprint density at radius 3 is 2.62 bits per heavy atom. The van der Waals surface area contributed by atoms with Gasteiger partial charge in [0, 0.05) is 22.3 Å². The summed E-state index contributed by atoms with van der Waals surface area (Å²) in [4.78, 5) is 9.74. The Labute approximate surface area is 150 Å². The fourth-order valence-corrected chi connectivity index (χ4v) is 2.99. The summed E-state index contributed by atoms with van der Waals surface area (Å²) in [6, 6.07) is 15.8. The second kappa shape index (κ2) is 7.55. The number of nitrogens with zero attached hydrogens (tertiary/aromatic N) is 2. The molecule has 6 heteroatoms. The third-order valence-corrected chi connectivity index (χ3v) is 4.50. The monoisotopic (exact) mass is 356 g/mol. The highest BCUT2D eigenvalue weighted by atomic mass is 35.5. The van der Waals surface area contributed by atoms with Gasteiger partial charge in [-0.05, 0) is 56.1 Å². The number of halogens is 1. The lowest BCUT2D eigenvalue weighted by atomic mass is 10.2. The highest BCUT2D eigenvalue weighted by molar-refractivity contribution is 8.00. The van der Waals surface area contributed by atoms with Gasteiger partial charge < -0.3 is 10.0 Å². The predicted octanol–water partition coefficient (Wildman–Crippen LogP) is 5.61. The first-order valence-electron chi connectivity index (χ1n) is 7.46. The van der Waals surface area contributed by atoms with Crippen LogP contribution in [0.5, 0.6) is 0 Å². The first-order valence-corrected chi connectivity index (χ1v) is 8.66. The first kappa shape index (κ1) is 16.6. The van der Waals surface area contributed by atoms with Crippen LogP contribution in [0.15, 0.2) is 59.6 Å². The van der Waals surface area contributed by atoms with E-state index < -0.39 is 0 Å². The Morgan fingerprint density at radius 2 is 1.83 bits per heavy atom. The molecule has 0 aliphatic rings. The van der Waals surface area contributed by atoms with Crippen LogP contribution in [0.3, 0.4) is 0 Å². The molecule has 3 aromatic rings. The highest BCUT2D eigenvalue weighted by Crippen LogP contribution is 2.31. The van der Waals surface area contributed by atoms with Gasteiger partial charge in [0.2, 0.25) is 0 Å². The molecular formula is C18H17ClN4S. The summed E-state index contributed by atoms with van der Waals surface area (Å²) in [5.41, 5.74) is 2.75. The first-order chi connectivity index (χ1) is 11.6. The third-order valence-electron chi connectivity index (χ3n) is 3.34. The van der Waals surface area contributed by atoms with Crippen LogP contribution in [0.1, 0.15) is 11.4 Å². The van der Waals surface area contributed by atoms with Crippen LogP contribution in [0.25, 0.3) is 0 Å². The van der Waals surface area contributed by atoms with Crippen LogP contribution in [0.4, 0.5) is 17.2 Å². The van der Waals surface area contributed by atoms with E-state index in [1.807, 2.05) is 68.6 Å². The SMILES string of the molecule is Cc1ncc(C)c(Nc2ccc(Cl)c(NSc3ccccc3)c2)n1. The molecule has 0 amide bonds. The van der Waals surface area contributed by atoms with Gasteiger partial charge in [0.25, 0.3) is 0 Å². The van der Waals surface area contributed by atoms with Crippen LogP contribution in [0.2, 0.25) is 5.02 Å². The van der Waals surface area contributed by atoms with Gasteiger partial charge in [0.1, 0.15) is 11.6 Å². The minimum absolute atomic E-state index is 0.666. The van der Waals surface area contributed by atoms with E-state index in [1.54, 1.807) is 0 Å². The maximum absolute atomic E-state index is 6.29. The zero-order chi connectivity index (χ0) is 16.9. The molecule has 0 saturated carbocycles. The van der Waals surface area contributed by atoms with E-state index in [2.05, 4.69) is 20.0 Å². The lowest BCUT2D eigenvalue weighted by Gasteiger charge is -2.12. The zero-order valence-corrected chi connectivity index (χ0v) is 14.9. The highest BCUT2D eigenvalue weighted by Gasteiger charge is 2.06. The molecule has 24 heavy (non-hydrogen) atoms. The van der Waals surface area contributed by atoms with Gasteiger partial charge in [-0.25, -0.2) is 9.97 Å². The number of benzene rings is 2. The van der Waals surface area contributed by atoms with Crippen LogP contribution >= 0.6 is 23.5 Å². The topological polar surface area (TPSA) is 49.8 Å². The van der Waals surface area contributed by atoms with E-state index in [0.29, 0.717) is 5.02 Å². The van der Waals surface area contributed by atoms with Crippen molar-refractivity contribution < 1.29 is 0 Å². The van der Waals surface area contributed by atoms with Crippen molar-refractivity contribution in [2.75, 3.05) is 10.0 Å². The second-order valence-corrected chi connectivity index (χ2v) is 6.57. The average Bonchev–Trinajstić information content (AvgIpc) is 2.59. The van der Waals surface area contributed by atoms with Gasteiger partial charge in [0.05, 0.1) is 10.7 Å². The van der Waals surface area contributed by atoms with Crippen LogP contribution in [-0.4, -0.2) is 9.97 Å². The summed E-state index contributed by atoms with van der Waals surface area (Å²) in [6.07, 6.45) is 1.81. The fraction of sp³-hybridized carbons (Fsp3) is 0.111. The molecule has 0 fully saturated rings. The van der Waals surface area contributed by atoms with Crippen LogP contribution in [-0.2, 0) is 0 Å². The van der Waals surface area contributed by atoms with Crippen molar-refractivity contribution in [3.63, 3.8) is 0 Å². The van der Waals surface area contributed by atoms with Crippen molar-refractivity contribution in [1.29, 1.82) is 0 Å². The molecule has 0 atom stereocenters. The van der Waals surface area contributed by atoms with Crippen molar-refractivity contribution in [1.82, 2.24) is 9.97 Å². The molecule has 3 rings (SSSR count). The minimum atomic E-state index is 0.666. The Bertz CT molecular complexity index is 840. The molecular weight excluding hydrogens is 340 g/mol. The Kier molecular flexibility index (Phi) is 5.23. The van der Waals surface area contributed by atoms with Crippen molar-refractivity contribution in [3.05, 3.63) is 71.1 Å². The average molecular weight is 357 g/mol. The second-order valence-electron chi connectivity index (χ2n) is 5.29. The predicted molar refractivity (Wildman–Crippen MR) is 102 cm³/mol. The molecule has 0 saturated heterocycles. The van der Waals surface area contributed by atoms with E-state index in [9.17, 15) is 0 Å². The van der Waals surface area contributed by atoms with E-state index >= 15 is 0 Å². The van der Waals surface area contributed by atoms with Gasteiger partial charge in [-0.1, -0.05) is 29.8 Å². The maximum Gasteiger partial charge on any atom is 0.136 e. The summed E-state index contributed by atoms with van der Waals surface area (Å²) in [7, 11) is 0. The molecule has 0 radical (unpaired) electrons. The van der Waals surface area contributed by atoms with E-state index in [4.69, 9.17) is 11.6 Å². The Hall–Kier alpha value is -2.24. The summed E-state index contributed by atoms with van der Waals surface area (Å²) in [5, 5.41) is 3.99. The molecule has 0 aliphatic carbocycles. The van der Waals surface area contributed by atoms with Gasteiger partial charge in [-0.3, -0.25) is 0 Å². The van der Waals surface area contributed by atoms with Gasteiger partial charge in [0.15, 0.2) is 0 Å². The quantitative estimate of drug-likeness (QED) is 0.582. The molecule has 1 aromatic heterocycles. The van der Waals surface area contributed by atoms with Crippen molar-refractivity contribution in [3.8, 4) is 0 Å². The molecule has 2 aromatic carbocycles. The number of aromatic nitrogens is 2. The molecule has 4 nitrogen and oxygen atoms in total. The summed E-state index contributed by atoms with van der Waals surface area (Å²) in [5.74, 6) is 1.53. The zero-order valence-electron chi connectivity index (χ0n) is 13.4. The molecule has 122 valence electrons. The van der Waals surface area contributed by atoms with Crippen LogP contribution < -0.4 is 10.0 Å². The van der Waals surface area contributed by atoms with Crippen molar-refractivity contribution in [2.24, 2.45) is 0 Å². The van der Waals surface area contributed by atoms with Crippen molar-refractivity contribution >= 4 is 40.7 Å². The van der Waals surface area contributed by atoms with E-state index in [0.717, 1.165) is 33.5 Å². The van der Waals surface area contributed by atoms with E-state index in [-0.39, 0.29) is 0 Å². The molecule has 0 aliphatic heterocycles. The number of anilines is 3. The van der Waals surface area contributed by atoms with Gasteiger partial charge in [-0.15, -0.1) is 0 Å².